The SMILES string of the molecule is NCC1CCCCC1OC1CCCCCC1O. The van der Waals surface area contributed by atoms with Crippen LogP contribution in [0.4, 0.5) is 0 Å². The maximum atomic E-state index is 10.1. The molecule has 0 aromatic rings. The Bertz CT molecular complexity index is 222. The molecule has 2 aliphatic carbocycles. The van der Waals surface area contributed by atoms with Gasteiger partial charge in [0, 0.05) is 0 Å². The van der Waals surface area contributed by atoms with Crippen molar-refractivity contribution < 1.29 is 9.84 Å². The molecule has 17 heavy (non-hydrogen) atoms. The standard InChI is InChI=1S/C14H27NO2/c15-10-11-6-4-5-8-13(11)17-14-9-3-1-2-7-12(14)16/h11-14,16H,1-10,15H2. The minimum absolute atomic E-state index is 0.0645. The van der Waals surface area contributed by atoms with E-state index < -0.39 is 0 Å². The largest absolute Gasteiger partial charge is 0.390 e. The summed E-state index contributed by atoms with van der Waals surface area (Å²) < 4.78 is 6.20. The van der Waals surface area contributed by atoms with Gasteiger partial charge in [-0.1, -0.05) is 32.1 Å². The van der Waals surface area contributed by atoms with Gasteiger partial charge in [0.15, 0.2) is 0 Å². The van der Waals surface area contributed by atoms with Crippen molar-refractivity contribution in [1.82, 2.24) is 0 Å². The lowest BCUT2D eigenvalue weighted by Gasteiger charge is -2.34. The van der Waals surface area contributed by atoms with Crippen molar-refractivity contribution in [3.8, 4) is 0 Å². The van der Waals surface area contributed by atoms with Crippen molar-refractivity contribution in [3.05, 3.63) is 0 Å². The number of hydrogen-bond donors (Lipinski definition) is 2. The Morgan fingerprint density at radius 1 is 0.882 bits per heavy atom. The van der Waals surface area contributed by atoms with E-state index in [2.05, 4.69) is 0 Å². The highest BCUT2D eigenvalue weighted by Gasteiger charge is 2.30. The summed E-state index contributed by atoms with van der Waals surface area (Å²) in [7, 11) is 0. The molecule has 100 valence electrons. The molecular weight excluding hydrogens is 214 g/mol. The molecule has 2 aliphatic rings. The second-order valence-corrected chi connectivity index (χ2v) is 5.70. The van der Waals surface area contributed by atoms with Gasteiger partial charge in [-0.15, -0.1) is 0 Å². The average molecular weight is 241 g/mol. The van der Waals surface area contributed by atoms with Gasteiger partial charge in [0.05, 0.1) is 18.3 Å². The van der Waals surface area contributed by atoms with Crippen molar-refractivity contribution in [2.24, 2.45) is 11.7 Å². The first-order chi connectivity index (χ1) is 8.31. The third-order valence-corrected chi connectivity index (χ3v) is 4.41. The molecule has 2 fully saturated rings. The molecule has 0 saturated heterocycles. The van der Waals surface area contributed by atoms with E-state index >= 15 is 0 Å². The molecule has 0 heterocycles. The Morgan fingerprint density at radius 3 is 2.35 bits per heavy atom. The van der Waals surface area contributed by atoms with Gasteiger partial charge >= 0.3 is 0 Å². The molecule has 0 spiro atoms. The zero-order chi connectivity index (χ0) is 12.1. The smallest absolute Gasteiger partial charge is 0.0837 e. The fourth-order valence-electron chi connectivity index (χ4n) is 3.26. The number of ether oxygens (including phenoxy) is 1. The lowest BCUT2D eigenvalue weighted by atomic mass is 9.86. The van der Waals surface area contributed by atoms with E-state index in [0.717, 1.165) is 32.2 Å². The van der Waals surface area contributed by atoms with Gasteiger partial charge in [0.25, 0.3) is 0 Å². The highest BCUT2D eigenvalue weighted by molar-refractivity contribution is 4.81. The highest BCUT2D eigenvalue weighted by Crippen LogP contribution is 2.30. The number of nitrogens with two attached hydrogens (primary N) is 1. The molecule has 2 saturated carbocycles. The minimum Gasteiger partial charge on any atom is -0.390 e. The molecule has 0 bridgehead atoms. The summed E-state index contributed by atoms with van der Waals surface area (Å²) in [6.45, 7) is 0.730. The van der Waals surface area contributed by atoms with Crippen molar-refractivity contribution in [2.45, 2.75) is 76.1 Å². The Labute approximate surface area is 105 Å². The first-order valence-electron chi connectivity index (χ1n) is 7.35. The van der Waals surface area contributed by atoms with Gasteiger partial charge < -0.3 is 15.6 Å². The normalized spacial score (nSPS) is 39.9. The van der Waals surface area contributed by atoms with Crippen molar-refractivity contribution in [2.75, 3.05) is 6.54 Å². The minimum atomic E-state index is -0.252. The molecule has 4 atom stereocenters. The van der Waals surface area contributed by atoms with E-state index in [-0.39, 0.29) is 12.2 Å². The van der Waals surface area contributed by atoms with Crippen LogP contribution in [0.2, 0.25) is 0 Å². The van der Waals surface area contributed by atoms with Crippen molar-refractivity contribution >= 4 is 0 Å². The molecule has 0 aromatic heterocycles. The molecule has 3 heteroatoms. The molecule has 3 N–H and O–H groups in total. The summed E-state index contributed by atoms with van der Waals surface area (Å²) in [6, 6.07) is 0. The molecule has 4 unspecified atom stereocenters. The Hall–Kier alpha value is -0.120. The molecular formula is C14H27NO2. The van der Waals surface area contributed by atoms with Crippen LogP contribution >= 0.6 is 0 Å². The quantitative estimate of drug-likeness (QED) is 0.745. The van der Waals surface area contributed by atoms with Crippen LogP contribution in [0.1, 0.15) is 57.8 Å². The average Bonchev–Trinajstić information content (AvgIpc) is 2.56. The predicted octanol–water partition coefficient (Wildman–Crippen LogP) is 2.21. The highest BCUT2D eigenvalue weighted by atomic mass is 16.5. The molecule has 0 aliphatic heterocycles. The van der Waals surface area contributed by atoms with Crippen LogP contribution < -0.4 is 5.73 Å². The van der Waals surface area contributed by atoms with Crippen LogP contribution in [0.15, 0.2) is 0 Å². The second-order valence-electron chi connectivity index (χ2n) is 5.70. The molecule has 3 nitrogen and oxygen atoms in total. The molecule has 0 radical (unpaired) electrons. The summed E-state index contributed by atoms with van der Waals surface area (Å²) in [5.41, 5.74) is 5.82. The summed E-state index contributed by atoms with van der Waals surface area (Å²) >= 11 is 0. The van der Waals surface area contributed by atoms with Crippen LogP contribution in [0.5, 0.6) is 0 Å². The van der Waals surface area contributed by atoms with Crippen molar-refractivity contribution in [3.63, 3.8) is 0 Å². The summed E-state index contributed by atoms with van der Waals surface area (Å²) in [5, 5.41) is 10.1. The van der Waals surface area contributed by atoms with Crippen LogP contribution in [-0.4, -0.2) is 30.0 Å². The molecule has 2 rings (SSSR count). The second kappa shape index (κ2) is 6.72. The zero-order valence-corrected chi connectivity index (χ0v) is 10.8. The first kappa shape index (κ1) is 13.3. The monoisotopic (exact) mass is 241 g/mol. The Kier molecular flexibility index (Phi) is 5.26. The van der Waals surface area contributed by atoms with E-state index in [1.807, 2.05) is 0 Å². The number of hydrogen-bond acceptors (Lipinski definition) is 3. The van der Waals surface area contributed by atoms with Gasteiger partial charge in [-0.25, -0.2) is 0 Å². The number of aliphatic hydroxyl groups is 1. The summed E-state index contributed by atoms with van der Waals surface area (Å²) in [6.07, 6.45) is 10.5. The van der Waals surface area contributed by atoms with Crippen LogP contribution in [0, 0.1) is 5.92 Å². The van der Waals surface area contributed by atoms with E-state index in [0.29, 0.717) is 12.0 Å². The topological polar surface area (TPSA) is 55.5 Å². The lowest BCUT2D eigenvalue weighted by Crippen LogP contribution is -2.39. The van der Waals surface area contributed by atoms with Gasteiger partial charge in [-0.05, 0) is 38.1 Å². The fourth-order valence-corrected chi connectivity index (χ4v) is 3.26. The lowest BCUT2D eigenvalue weighted by molar-refractivity contribution is -0.107. The third-order valence-electron chi connectivity index (χ3n) is 4.41. The van der Waals surface area contributed by atoms with E-state index in [1.54, 1.807) is 0 Å². The van der Waals surface area contributed by atoms with Crippen molar-refractivity contribution in [1.29, 1.82) is 0 Å². The van der Waals surface area contributed by atoms with Gasteiger partial charge in [-0.3, -0.25) is 0 Å². The van der Waals surface area contributed by atoms with Gasteiger partial charge in [-0.2, -0.15) is 0 Å². The van der Waals surface area contributed by atoms with E-state index in [4.69, 9.17) is 10.5 Å². The van der Waals surface area contributed by atoms with E-state index in [1.165, 1.54) is 32.1 Å². The first-order valence-corrected chi connectivity index (χ1v) is 7.35. The third kappa shape index (κ3) is 3.67. The maximum Gasteiger partial charge on any atom is 0.0837 e. The maximum absolute atomic E-state index is 10.1. The predicted molar refractivity (Wildman–Crippen MR) is 68.8 cm³/mol. The molecule has 0 amide bonds. The number of aliphatic hydroxyl groups excluding tert-OH is 1. The van der Waals surface area contributed by atoms with Gasteiger partial charge in [0.1, 0.15) is 0 Å². The number of rotatable bonds is 3. The van der Waals surface area contributed by atoms with Crippen LogP contribution in [0.25, 0.3) is 0 Å². The van der Waals surface area contributed by atoms with Crippen LogP contribution in [-0.2, 0) is 4.74 Å². The Balaban J connectivity index is 1.88. The fraction of sp³-hybridized carbons (Fsp3) is 1.00. The molecule has 0 aromatic carbocycles. The van der Waals surface area contributed by atoms with Gasteiger partial charge in [0.2, 0.25) is 0 Å². The Morgan fingerprint density at radius 2 is 1.53 bits per heavy atom. The summed E-state index contributed by atoms with van der Waals surface area (Å²) in [4.78, 5) is 0. The van der Waals surface area contributed by atoms with E-state index in [9.17, 15) is 5.11 Å². The summed E-state index contributed by atoms with van der Waals surface area (Å²) in [5.74, 6) is 0.513. The van der Waals surface area contributed by atoms with Crippen LogP contribution in [0.3, 0.4) is 0 Å². The zero-order valence-electron chi connectivity index (χ0n) is 10.8.